The van der Waals surface area contributed by atoms with Crippen LogP contribution in [0.1, 0.15) is 6.42 Å². The Kier molecular flexibility index (Phi) is 9.74. The van der Waals surface area contributed by atoms with Gasteiger partial charge in [-0.05, 0) is 0 Å². The second-order valence-electron chi connectivity index (χ2n) is 3.22. The van der Waals surface area contributed by atoms with E-state index >= 15 is 0 Å². The van der Waals surface area contributed by atoms with Gasteiger partial charge in [0, 0.05) is 52.1 Å². The van der Waals surface area contributed by atoms with Crippen LogP contribution in [0, 0.1) is 0 Å². The van der Waals surface area contributed by atoms with Gasteiger partial charge in [0.05, 0.1) is 6.42 Å². The van der Waals surface area contributed by atoms with Crippen molar-refractivity contribution in [1.82, 2.24) is 0 Å². The Labute approximate surface area is 138 Å². The number of carbonyl (C=O) groups excluding carboxylic acids is 2. The van der Waals surface area contributed by atoms with Crippen molar-refractivity contribution in [3.63, 3.8) is 0 Å². The smallest absolute Gasteiger partial charge is 0.382 e. The Hall–Kier alpha value is 0.430. The molecule has 8 nitrogen and oxygen atoms in total. The normalized spacial score (nSPS) is 13.6. The molecular weight excluding hydrogens is 382 g/mol. The molecule has 0 amide bonds. The fourth-order valence-corrected chi connectivity index (χ4v) is 2.89. The van der Waals surface area contributed by atoms with Crippen LogP contribution in [0.15, 0.2) is 0 Å². The summed E-state index contributed by atoms with van der Waals surface area (Å²) >= 11 is 13.7. The van der Waals surface area contributed by atoms with E-state index < -0.39 is 37.0 Å². The summed E-state index contributed by atoms with van der Waals surface area (Å²) in [4.78, 5) is 23.4. The van der Waals surface area contributed by atoms with Gasteiger partial charge in [0.25, 0.3) is 0 Å². The Balaban J connectivity index is 4.59. The van der Waals surface area contributed by atoms with E-state index in [-0.39, 0.29) is 0 Å². The van der Waals surface area contributed by atoms with Gasteiger partial charge in [-0.25, -0.2) is 0 Å². The van der Waals surface area contributed by atoms with Gasteiger partial charge in [-0.2, -0.15) is 12.6 Å². The second-order valence-corrected chi connectivity index (χ2v) is 10.1. The molecule has 0 aliphatic rings. The number of hydrogen-bond acceptors (Lipinski definition) is 11. The molecule has 13 heteroatoms. The van der Waals surface area contributed by atoms with Gasteiger partial charge in [0.1, 0.15) is 5.25 Å². The monoisotopic (exact) mass is 398 g/mol. The molecule has 0 spiro atoms. The molecule has 0 bridgehead atoms. The molecule has 1 atom stereocenters. The average Bonchev–Trinajstić information content (AvgIpc) is 2.46. The van der Waals surface area contributed by atoms with Crippen LogP contribution in [0.3, 0.4) is 0 Å². The Morgan fingerprint density at radius 1 is 0.952 bits per heavy atom. The highest BCUT2D eigenvalue weighted by Gasteiger charge is 2.30. The minimum absolute atomic E-state index is 0.407. The molecule has 21 heavy (non-hydrogen) atoms. The van der Waals surface area contributed by atoms with Crippen molar-refractivity contribution in [3.8, 4) is 0 Å². The van der Waals surface area contributed by atoms with E-state index in [2.05, 4.69) is 12.6 Å². The first kappa shape index (κ1) is 21.4. The van der Waals surface area contributed by atoms with Gasteiger partial charge >= 0.3 is 25.4 Å². The summed E-state index contributed by atoms with van der Waals surface area (Å²) in [6, 6.07) is 0. The highest BCUT2D eigenvalue weighted by Crippen LogP contribution is 2.49. The van der Waals surface area contributed by atoms with Crippen molar-refractivity contribution in [3.05, 3.63) is 0 Å². The van der Waals surface area contributed by atoms with Crippen LogP contribution in [0.5, 0.6) is 0 Å². The van der Waals surface area contributed by atoms with Crippen LogP contribution in [0.2, 0.25) is 0 Å². The van der Waals surface area contributed by atoms with Crippen LogP contribution >= 0.6 is 26.1 Å². The summed E-state index contributed by atoms with van der Waals surface area (Å²) in [6.45, 7) is -6.31. The average molecular weight is 398 g/mol. The zero-order valence-corrected chi connectivity index (χ0v) is 16.0. The largest absolute Gasteiger partial charge is 0.391 e. The van der Waals surface area contributed by atoms with Gasteiger partial charge in [-0.3, -0.25) is 9.59 Å². The van der Waals surface area contributed by atoms with E-state index in [1.54, 1.807) is 0 Å². The maximum Gasteiger partial charge on any atom is 0.382 e. The summed E-state index contributed by atoms with van der Waals surface area (Å²) < 4.78 is 28.8. The fourth-order valence-electron chi connectivity index (χ4n) is 0.872. The van der Waals surface area contributed by atoms with Gasteiger partial charge in [0.15, 0.2) is 0 Å². The first-order valence-electron chi connectivity index (χ1n) is 5.22. The van der Waals surface area contributed by atoms with Crippen molar-refractivity contribution in [2.75, 3.05) is 28.4 Å². The Bertz CT molecular complexity index is 454. The van der Waals surface area contributed by atoms with Crippen LogP contribution < -0.4 is 0 Å². The quantitative estimate of drug-likeness (QED) is 0.458. The molecule has 0 aliphatic carbocycles. The molecule has 0 radical (unpaired) electrons. The second kappa shape index (κ2) is 9.54. The molecule has 0 heterocycles. The molecule has 0 saturated carbocycles. The zero-order valence-electron chi connectivity index (χ0n) is 11.7. The van der Waals surface area contributed by atoms with Crippen molar-refractivity contribution < 1.29 is 36.7 Å². The molecule has 0 N–H and O–H groups in total. The van der Waals surface area contributed by atoms with Crippen LogP contribution in [0.25, 0.3) is 0 Å². The van der Waals surface area contributed by atoms with E-state index in [0.717, 1.165) is 0 Å². The van der Waals surface area contributed by atoms with Gasteiger partial charge in [-0.15, -0.1) is 0 Å². The first-order valence-corrected chi connectivity index (χ1v) is 10.8. The van der Waals surface area contributed by atoms with Crippen molar-refractivity contribution in [2.24, 2.45) is 0 Å². The van der Waals surface area contributed by atoms with Crippen LogP contribution in [-0.2, 0) is 60.3 Å². The summed E-state index contributed by atoms with van der Waals surface area (Å²) in [5.74, 6) is -1.69. The molecule has 0 saturated heterocycles. The summed E-state index contributed by atoms with van der Waals surface area (Å²) in [7, 11) is 4.98. The number of thiol groups is 1. The first-order chi connectivity index (χ1) is 9.65. The van der Waals surface area contributed by atoms with E-state index in [9.17, 15) is 9.59 Å². The van der Waals surface area contributed by atoms with Gasteiger partial charge < -0.3 is 27.1 Å². The lowest BCUT2D eigenvalue weighted by Crippen LogP contribution is -2.22. The number of hydrogen-bond donors (Lipinski definition) is 1. The molecule has 0 aromatic carbocycles. The third-order valence-corrected chi connectivity index (χ3v) is 7.19. The predicted octanol–water partition coefficient (Wildman–Crippen LogP) is 1.80. The summed E-state index contributed by atoms with van der Waals surface area (Å²) in [5.41, 5.74) is 0. The highest BCUT2D eigenvalue weighted by atomic mass is 32.5. The Morgan fingerprint density at radius 3 is 1.71 bits per heavy atom. The Morgan fingerprint density at radius 2 is 1.33 bits per heavy atom. The lowest BCUT2D eigenvalue weighted by Gasteiger charge is -2.20. The fraction of sp³-hybridized carbons (Fsp3) is 0.750. The molecule has 124 valence electrons. The zero-order chi connectivity index (χ0) is 16.7. The van der Waals surface area contributed by atoms with Crippen LogP contribution in [-0.4, -0.2) is 45.6 Å². The van der Waals surface area contributed by atoms with E-state index in [0.29, 0.717) is 0 Å². The third-order valence-electron chi connectivity index (χ3n) is 1.94. The number of carbonyl (C=O) groups is 2. The van der Waals surface area contributed by atoms with Crippen molar-refractivity contribution in [2.45, 2.75) is 11.7 Å². The maximum atomic E-state index is 11.7. The summed E-state index contributed by atoms with van der Waals surface area (Å²) in [5, 5.41) is -1.12. The highest BCUT2D eigenvalue weighted by molar-refractivity contribution is 8.08. The third kappa shape index (κ3) is 7.49. The topological polar surface area (TPSA) is 89.5 Å². The molecular formula is C8H16O8P2S3. The van der Waals surface area contributed by atoms with E-state index in [1.165, 1.54) is 28.4 Å². The minimum Gasteiger partial charge on any atom is -0.391 e. The molecule has 0 aromatic rings. The van der Waals surface area contributed by atoms with Crippen molar-refractivity contribution in [1.29, 1.82) is 0 Å². The lowest BCUT2D eigenvalue weighted by molar-refractivity contribution is -0.141. The molecule has 0 fully saturated rings. The standard InChI is InChI=1S/C8H16O8P2S3/c1-11-17(20,12-2)15-7(9)5-6(19)8(10)16-18(21,13-3)14-4/h6,19H,5H2,1-4H3. The lowest BCUT2D eigenvalue weighted by atomic mass is 10.3. The molecule has 0 aliphatic heterocycles. The minimum atomic E-state index is -3.17. The van der Waals surface area contributed by atoms with Crippen molar-refractivity contribution >= 4 is 61.6 Å². The van der Waals surface area contributed by atoms with Gasteiger partial charge in [-0.1, -0.05) is 0 Å². The van der Waals surface area contributed by atoms with Gasteiger partial charge in [0.2, 0.25) is 0 Å². The van der Waals surface area contributed by atoms with Crippen LogP contribution in [0.4, 0.5) is 0 Å². The predicted molar refractivity (Wildman–Crippen MR) is 86.2 cm³/mol. The SMILES string of the molecule is COP(=S)(OC)OC(=O)CC(S)C(=O)OP(=S)(OC)OC. The van der Waals surface area contributed by atoms with E-state index in [1.807, 2.05) is 0 Å². The number of rotatable bonds is 9. The molecule has 0 aromatic heterocycles. The van der Waals surface area contributed by atoms with E-state index in [4.69, 9.17) is 50.8 Å². The summed E-state index contributed by atoms with van der Waals surface area (Å²) in [6.07, 6.45) is -0.407. The maximum absolute atomic E-state index is 11.7. The molecule has 0 rings (SSSR count). The molecule has 1 unspecified atom stereocenters.